The Morgan fingerprint density at radius 2 is 1.56 bits per heavy atom. The number of ether oxygens (including phenoxy) is 2. The fourth-order valence-corrected chi connectivity index (χ4v) is 4.08. The normalized spacial score (nSPS) is 11.0. The van der Waals surface area contributed by atoms with Crippen LogP contribution in [0.5, 0.6) is 11.5 Å². The van der Waals surface area contributed by atoms with Gasteiger partial charge in [-0.1, -0.05) is 42.0 Å². The van der Waals surface area contributed by atoms with E-state index in [1.165, 1.54) is 19.2 Å². The van der Waals surface area contributed by atoms with Crippen molar-refractivity contribution in [2.45, 2.75) is 20.4 Å². The first kappa shape index (κ1) is 23.2. The van der Waals surface area contributed by atoms with Crippen LogP contribution in [-0.2, 0) is 11.3 Å². The maximum atomic E-state index is 13.1. The molecule has 0 saturated carbocycles. The molecule has 0 fully saturated rings. The number of rotatable bonds is 6. The van der Waals surface area contributed by atoms with Crippen LogP contribution in [0.15, 0.2) is 78.9 Å². The second-order valence-corrected chi connectivity index (χ2v) is 8.55. The molecule has 0 atom stereocenters. The SMILES string of the molecule is COC(=O)c1cc(-c2ccc(C)cc2)nc2c1c(C)nn2Cc1ccc(Oc2ccc(F)cc2)cc1. The van der Waals surface area contributed by atoms with E-state index in [2.05, 4.69) is 5.10 Å². The molecule has 2 heterocycles. The van der Waals surface area contributed by atoms with E-state index in [9.17, 15) is 9.18 Å². The molecule has 5 aromatic rings. The molecule has 36 heavy (non-hydrogen) atoms. The molecule has 0 aliphatic heterocycles. The van der Waals surface area contributed by atoms with Crippen LogP contribution in [0.1, 0.15) is 27.2 Å². The van der Waals surface area contributed by atoms with Crippen molar-refractivity contribution >= 4 is 17.0 Å². The van der Waals surface area contributed by atoms with E-state index in [1.54, 1.807) is 22.9 Å². The number of methoxy groups -OCH3 is 1. The number of benzene rings is 3. The van der Waals surface area contributed by atoms with Crippen LogP contribution in [0.25, 0.3) is 22.3 Å². The Morgan fingerprint density at radius 1 is 0.917 bits per heavy atom. The van der Waals surface area contributed by atoms with Crippen LogP contribution >= 0.6 is 0 Å². The Kier molecular flexibility index (Phi) is 6.21. The van der Waals surface area contributed by atoms with Crippen molar-refractivity contribution in [2.24, 2.45) is 0 Å². The monoisotopic (exact) mass is 481 g/mol. The van der Waals surface area contributed by atoms with Crippen molar-refractivity contribution in [3.8, 4) is 22.8 Å². The molecule has 0 N–H and O–H groups in total. The number of aromatic nitrogens is 3. The van der Waals surface area contributed by atoms with Gasteiger partial charge in [0.1, 0.15) is 17.3 Å². The number of fused-ring (bicyclic) bond motifs is 1. The molecule has 180 valence electrons. The van der Waals surface area contributed by atoms with Gasteiger partial charge in [0.2, 0.25) is 0 Å². The Hall–Kier alpha value is -4.52. The van der Waals surface area contributed by atoms with E-state index in [-0.39, 0.29) is 5.82 Å². The number of nitrogens with zero attached hydrogens (tertiary/aromatic N) is 3. The molecule has 0 aliphatic carbocycles. The Balaban J connectivity index is 1.50. The zero-order valence-corrected chi connectivity index (χ0v) is 20.2. The van der Waals surface area contributed by atoms with Gasteiger partial charge < -0.3 is 9.47 Å². The van der Waals surface area contributed by atoms with Crippen LogP contribution in [0.2, 0.25) is 0 Å². The van der Waals surface area contributed by atoms with Crippen LogP contribution in [0.4, 0.5) is 4.39 Å². The number of hydrogen-bond acceptors (Lipinski definition) is 5. The van der Waals surface area contributed by atoms with E-state index in [0.717, 1.165) is 16.7 Å². The highest BCUT2D eigenvalue weighted by molar-refractivity contribution is 6.05. The summed E-state index contributed by atoms with van der Waals surface area (Å²) >= 11 is 0. The summed E-state index contributed by atoms with van der Waals surface area (Å²) in [6.45, 7) is 4.33. The molecule has 0 amide bonds. The van der Waals surface area contributed by atoms with E-state index in [4.69, 9.17) is 14.5 Å². The van der Waals surface area contributed by atoms with Crippen molar-refractivity contribution < 1.29 is 18.7 Å². The Bertz CT molecular complexity index is 1540. The highest BCUT2D eigenvalue weighted by atomic mass is 19.1. The molecule has 5 rings (SSSR count). The molecule has 3 aromatic carbocycles. The van der Waals surface area contributed by atoms with E-state index < -0.39 is 5.97 Å². The first-order valence-electron chi connectivity index (χ1n) is 11.5. The molecule has 0 spiro atoms. The van der Waals surface area contributed by atoms with Crippen molar-refractivity contribution in [1.29, 1.82) is 0 Å². The fourth-order valence-electron chi connectivity index (χ4n) is 4.08. The smallest absolute Gasteiger partial charge is 0.338 e. The van der Waals surface area contributed by atoms with Crippen LogP contribution < -0.4 is 4.74 Å². The number of hydrogen-bond donors (Lipinski definition) is 0. The molecule has 0 radical (unpaired) electrons. The van der Waals surface area contributed by atoms with Gasteiger partial charge in [0.15, 0.2) is 5.65 Å². The topological polar surface area (TPSA) is 66.2 Å². The minimum Gasteiger partial charge on any atom is -0.465 e. The fraction of sp³-hybridized carbons (Fsp3) is 0.138. The highest BCUT2D eigenvalue weighted by Gasteiger charge is 2.21. The predicted octanol–water partition coefficient (Wildman–Crippen LogP) is 6.48. The van der Waals surface area contributed by atoms with Crippen molar-refractivity contribution in [3.63, 3.8) is 0 Å². The first-order chi connectivity index (χ1) is 17.4. The Morgan fingerprint density at radius 3 is 2.19 bits per heavy atom. The summed E-state index contributed by atoms with van der Waals surface area (Å²) in [5, 5.41) is 5.36. The van der Waals surface area contributed by atoms with Crippen LogP contribution in [0, 0.1) is 19.7 Å². The lowest BCUT2D eigenvalue weighted by Gasteiger charge is -2.09. The van der Waals surface area contributed by atoms with Crippen LogP contribution in [0.3, 0.4) is 0 Å². The van der Waals surface area contributed by atoms with Gasteiger partial charge in [0.05, 0.1) is 36.0 Å². The Labute approximate surface area is 207 Å². The highest BCUT2D eigenvalue weighted by Crippen LogP contribution is 2.29. The van der Waals surface area contributed by atoms with Gasteiger partial charge >= 0.3 is 5.97 Å². The van der Waals surface area contributed by atoms with Gasteiger partial charge in [-0.05, 0) is 61.9 Å². The molecule has 2 aromatic heterocycles. The largest absolute Gasteiger partial charge is 0.465 e. The van der Waals surface area contributed by atoms with Gasteiger partial charge in [-0.25, -0.2) is 18.9 Å². The maximum absolute atomic E-state index is 13.1. The molecule has 7 heteroatoms. The minimum atomic E-state index is -0.430. The number of aryl methyl sites for hydroxylation is 2. The zero-order chi connectivity index (χ0) is 25.2. The van der Waals surface area contributed by atoms with Gasteiger partial charge in [0.25, 0.3) is 0 Å². The van der Waals surface area contributed by atoms with Crippen molar-refractivity contribution in [3.05, 3.63) is 107 Å². The number of pyridine rings is 1. The van der Waals surface area contributed by atoms with Crippen molar-refractivity contribution in [2.75, 3.05) is 7.11 Å². The third-order valence-corrected chi connectivity index (χ3v) is 5.94. The van der Waals surface area contributed by atoms with E-state index >= 15 is 0 Å². The molecule has 0 bridgehead atoms. The summed E-state index contributed by atoms with van der Waals surface area (Å²) in [6, 6.07) is 23.2. The quantitative estimate of drug-likeness (QED) is 0.260. The lowest BCUT2D eigenvalue weighted by Crippen LogP contribution is -2.06. The molecule has 0 unspecified atom stereocenters. The molecule has 0 saturated heterocycles. The van der Waals surface area contributed by atoms with Gasteiger partial charge in [0, 0.05) is 5.56 Å². The molecule has 0 aliphatic rings. The lowest BCUT2D eigenvalue weighted by molar-refractivity contribution is 0.0603. The second-order valence-electron chi connectivity index (χ2n) is 8.55. The van der Waals surface area contributed by atoms with Gasteiger partial charge in [-0.3, -0.25) is 0 Å². The summed E-state index contributed by atoms with van der Waals surface area (Å²) in [7, 11) is 1.37. The van der Waals surface area contributed by atoms with E-state index in [1.807, 2.05) is 62.4 Å². The van der Waals surface area contributed by atoms with Gasteiger partial charge in [-0.2, -0.15) is 5.10 Å². The summed E-state index contributed by atoms with van der Waals surface area (Å²) in [6.07, 6.45) is 0. The third-order valence-electron chi connectivity index (χ3n) is 5.94. The standard InChI is InChI=1S/C29H24FN3O3/c1-18-4-8-21(9-5-18)26-16-25(29(34)35-3)27-19(2)32-33(28(27)31-26)17-20-6-12-23(13-7-20)36-24-14-10-22(30)11-15-24/h4-16H,17H2,1-3H3. The zero-order valence-electron chi connectivity index (χ0n) is 20.2. The number of carbonyl (C=O) groups excluding carboxylic acids is 1. The van der Waals surface area contributed by atoms with Gasteiger partial charge in [-0.15, -0.1) is 0 Å². The molecular formula is C29H24FN3O3. The molecular weight excluding hydrogens is 457 g/mol. The maximum Gasteiger partial charge on any atom is 0.338 e. The summed E-state index contributed by atoms with van der Waals surface area (Å²) in [5.41, 5.74) is 5.44. The van der Waals surface area contributed by atoms with Crippen molar-refractivity contribution in [1.82, 2.24) is 14.8 Å². The average Bonchev–Trinajstić information content (AvgIpc) is 3.21. The van der Waals surface area contributed by atoms with Crippen LogP contribution in [-0.4, -0.2) is 27.8 Å². The average molecular weight is 482 g/mol. The number of halogens is 1. The minimum absolute atomic E-state index is 0.311. The van der Waals surface area contributed by atoms with E-state index in [0.29, 0.717) is 46.0 Å². The molecule has 6 nitrogen and oxygen atoms in total. The summed E-state index contributed by atoms with van der Waals surface area (Å²) < 4.78 is 25.8. The predicted molar refractivity (Wildman–Crippen MR) is 136 cm³/mol. The second kappa shape index (κ2) is 9.62. The number of carbonyl (C=O) groups is 1. The summed E-state index contributed by atoms with van der Waals surface area (Å²) in [5.74, 6) is 0.454. The lowest BCUT2D eigenvalue weighted by atomic mass is 10.0. The number of esters is 1. The summed E-state index contributed by atoms with van der Waals surface area (Å²) in [4.78, 5) is 17.6. The third kappa shape index (κ3) is 4.68. The first-order valence-corrected chi connectivity index (χ1v) is 11.5.